The van der Waals surface area contributed by atoms with Crippen LogP contribution in [0.25, 0.3) is 5.69 Å². The summed E-state index contributed by atoms with van der Waals surface area (Å²) in [5.41, 5.74) is 0.202. The summed E-state index contributed by atoms with van der Waals surface area (Å²) in [6.07, 6.45) is 0. The lowest BCUT2D eigenvalue weighted by Gasteiger charge is -2.10. The van der Waals surface area contributed by atoms with Crippen molar-refractivity contribution in [3.8, 4) is 11.4 Å². The number of esters is 1. The molecule has 20 heavy (non-hydrogen) atoms. The largest absolute Gasteiger partial charge is 0.494 e. The lowest BCUT2D eigenvalue weighted by molar-refractivity contribution is 0.0589. The summed E-state index contributed by atoms with van der Waals surface area (Å²) in [7, 11) is 2.68. The highest BCUT2D eigenvalue weighted by Crippen LogP contribution is 2.24. The summed E-state index contributed by atoms with van der Waals surface area (Å²) in [6.45, 7) is 0. The third-order valence-corrected chi connectivity index (χ3v) is 2.64. The van der Waals surface area contributed by atoms with Gasteiger partial charge in [0.2, 0.25) is 0 Å². The zero-order valence-corrected chi connectivity index (χ0v) is 10.9. The Hall–Kier alpha value is -2.83. The number of hydrogen-bond acceptors (Lipinski definition) is 5. The van der Waals surface area contributed by atoms with Crippen LogP contribution in [-0.4, -0.2) is 41.0 Å². The number of carboxylic acids is 1. The van der Waals surface area contributed by atoms with Crippen molar-refractivity contribution in [2.75, 3.05) is 14.2 Å². The van der Waals surface area contributed by atoms with Gasteiger partial charge in [0.15, 0.2) is 11.4 Å². The van der Waals surface area contributed by atoms with Gasteiger partial charge in [0.05, 0.1) is 14.2 Å². The number of aromatic carboxylic acids is 1. The molecule has 0 atom stereocenters. The molecular weight excluding hydrogens is 264 g/mol. The van der Waals surface area contributed by atoms with Gasteiger partial charge in [-0.05, 0) is 12.1 Å². The van der Waals surface area contributed by atoms with Gasteiger partial charge >= 0.3 is 11.9 Å². The van der Waals surface area contributed by atoms with Crippen molar-refractivity contribution in [2.24, 2.45) is 0 Å². The highest BCUT2D eigenvalue weighted by atomic mass is 16.5. The van der Waals surface area contributed by atoms with Crippen molar-refractivity contribution in [3.05, 3.63) is 41.7 Å². The first kappa shape index (κ1) is 13.6. The van der Waals surface area contributed by atoms with Crippen LogP contribution < -0.4 is 4.74 Å². The molecule has 7 heteroatoms. The number of aromatic nitrogens is 2. The van der Waals surface area contributed by atoms with Gasteiger partial charge in [0.25, 0.3) is 0 Å². The number of hydrogen-bond donors (Lipinski definition) is 1. The minimum Gasteiger partial charge on any atom is -0.494 e. The normalized spacial score (nSPS) is 10.1. The summed E-state index contributed by atoms with van der Waals surface area (Å²) in [4.78, 5) is 22.7. The number of carbonyl (C=O) groups excluding carboxylic acids is 1. The Kier molecular flexibility index (Phi) is 3.69. The SMILES string of the molecule is COC(=O)c1cc(C(=O)O)nn1-c1ccccc1OC. The van der Waals surface area contributed by atoms with E-state index in [2.05, 4.69) is 9.84 Å². The molecule has 1 heterocycles. The Balaban J connectivity index is 2.65. The molecule has 0 saturated carbocycles. The molecule has 0 unspecified atom stereocenters. The molecule has 0 aliphatic carbocycles. The van der Waals surface area contributed by atoms with Crippen LogP contribution in [-0.2, 0) is 4.74 Å². The first-order valence-corrected chi connectivity index (χ1v) is 5.63. The maximum atomic E-state index is 11.7. The third kappa shape index (κ3) is 2.33. The molecule has 2 rings (SSSR count). The summed E-state index contributed by atoms with van der Waals surface area (Å²) < 4.78 is 11.0. The van der Waals surface area contributed by atoms with Gasteiger partial charge in [-0.2, -0.15) is 5.10 Å². The Morgan fingerprint density at radius 3 is 2.55 bits per heavy atom. The van der Waals surface area contributed by atoms with Crippen molar-refractivity contribution in [2.45, 2.75) is 0 Å². The fraction of sp³-hybridized carbons (Fsp3) is 0.154. The zero-order chi connectivity index (χ0) is 14.7. The fourth-order valence-corrected chi connectivity index (χ4v) is 1.72. The van der Waals surface area contributed by atoms with E-state index in [1.165, 1.54) is 18.9 Å². The van der Waals surface area contributed by atoms with Crippen LogP contribution in [0.3, 0.4) is 0 Å². The number of benzene rings is 1. The predicted molar refractivity (Wildman–Crippen MR) is 68.4 cm³/mol. The molecule has 0 radical (unpaired) electrons. The molecule has 2 aromatic rings. The maximum absolute atomic E-state index is 11.7. The smallest absolute Gasteiger partial charge is 0.356 e. The van der Waals surface area contributed by atoms with E-state index >= 15 is 0 Å². The van der Waals surface area contributed by atoms with Crippen LogP contribution >= 0.6 is 0 Å². The second-order valence-electron chi connectivity index (χ2n) is 3.80. The lowest BCUT2D eigenvalue weighted by atomic mass is 10.3. The average Bonchev–Trinajstić information content (AvgIpc) is 2.91. The molecule has 7 nitrogen and oxygen atoms in total. The predicted octanol–water partition coefficient (Wildman–Crippen LogP) is 1.37. The van der Waals surface area contributed by atoms with Crippen molar-refractivity contribution >= 4 is 11.9 Å². The third-order valence-electron chi connectivity index (χ3n) is 2.64. The van der Waals surface area contributed by atoms with Gasteiger partial charge in [-0.15, -0.1) is 0 Å². The number of nitrogens with zero attached hydrogens (tertiary/aromatic N) is 2. The molecule has 0 aliphatic heterocycles. The highest BCUT2D eigenvalue weighted by molar-refractivity contribution is 5.93. The zero-order valence-electron chi connectivity index (χ0n) is 10.9. The quantitative estimate of drug-likeness (QED) is 0.848. The highest BCUT2D eigenvalue weighted by Gasteiger charge is 2.21. The number of para-hydroxylation sites is 2. The fourth-order valence-electron chi connectivity index (χ4n) is 1.72. The Morgan fingerprint density at radius 1 is 1.25 bits per heavy atom. The van der Waals surface area contributed by atoms with E-state index < -0.39 is 11.9 Å². The van der Waals surface area contributed by atoms with Crippen LogP contribution in [0.5, 0.6) is 5.75 Å². The Labute approximate surface area is 114 Å². The number of carbonyl (C=O) groups is 2. The van der Waals surface area contributed by atoms with Crippen molar-refractivity contribution < 1.29 is 24.2 Å². The number of rotatable bonds is 4. The molecule has 0 fully saturated rings. The molecule has 0 bridgehead atoms. The standard InChI is InChI=1S/C13H12N2O5/c1-19-11-6-4-3-5-9(11)15-10(13(18)20-2)7-8(14-15)12(16)17/h3-7H,1-2H3,(H,16,17). The minimum atomic E-state index is -1.23. The molecule has 1 aromatic carbocycles. The molecular formula is C13H12N2O5. The van der Waals surface area contributed by atoms with Gasteiger partial charge in [-0.25, -0.2) is 14.3 Å². The van der Waals surface area contributed by atoms with Crippen LogP contribution in [0.2, 0.25) is 0 Å². The van der Waals surface area contributed by atoms with E-state index in [-0.39, 0.29) is 11.4 Å². The molecule has 0 spiro atoms. The molecule has 0 saturated heterocycles. The van der Waals surface area contributed by atoms with Gasteiger partial charge in [0, 0.05) is 6.07 Å². The number of methoxy groups -OCH3 is 2. The lowest BCUT2D eigenvalue weighted by Crippen LogP contribution is -2.11. The first-order chi connectivity index (χ1) is 9.58. The average molecular weight is 276 g/mol. The van der Waals surface area contributed by atoms with Gasteiger partial charge < -0.3 is 14.6 Å². The molecule has 0 aliphatic rings. The molecule has 1 N–H and O–H groups in total. The van der Waals surface area contributed by atoms with E-state index in [0.717, 1.165) is 6.07 Å². The van der Waals surface area contributed by atoms with Crippen LogP contribution in [0.1, 0.15) is 21.0 Å². The summed E-state index contributed by atoms with van der Waals surface area (Å²) in [5.74, 6) is -1.46. The van der Waals surface area contributed by atoms with Gasteiger partial charge in [-0.1, -0.05) is 12.1 Å². The maximum Gasteiger partial charge on any atom is 0.356 e. The van der Waals surface area contributed by atoms with Gasteiger partial charge in [0.1, 0.15) is 11.4 Å². The topological polar surface area (TPSA) is 90.7 Å². The summed E-state index contributed by atoms with van der Waals surface area (Å²) in [6, 6.07) is 7.96. The monoisotopic (exact) mass is 276 g/mol. The summed E-state index contributed by atoms with van der Waals surface area (Å²) in [5, 5.41) is 12.9. The van der Waals surface area contributed by atoms with E-state index in [0.29, 0.717) is 11.4 Å². The van der Waals surface area contributed by atoms with Crippen molar-refractivity contribution in [1.29, 1.82) is 0 Å². The number of ether oxygens (including phenoxy) is 2. The Morgan fingerprint density at radius 2 is 1.95 bits per heavy atom. The van der Waals surface area contributed by atoms with Crippen LogP contribution in [0.4, 0.5) is 0 Å². The van der Waals surface area contributed by atoms with Crippen molar-refractivity contribution in [3.63, 3.8) is 0 Å². The minimum absolute atomic E-state index is 0.00870. The van der Waals surface area contributed by atoms with Crippen molar-refractivity contribution in [1.82, 2.24) is 9.78 Å². The second-order valence-corrected chi connectivity index (χ2v) is 3.80. The van der Waals surface area contributed by atoms with E-state index in [1.807, 2.05) is 0 Å². The molecule has 0 amide bonds. The van der Waals surface area contributed by atoms with E-state index in [9.17, 15) is 9.59 Å². The first-order valence-electron chi connectivity index (χ1n) is 5.63. The molecule has 1 aromatic heterocycles. The summed E-state index contributed by atoms with van der Waals surface area (Å²) >= 11 is 0. The van der Waals surface area contributed by atoms with E-state index in [1.54, 1.807) is 24.3 Å². The van der Waals surface area contributed by atoms with Crippen LogP contribution in [0.15, 0.2) is 30.3 Å². The Bertz CT molecular complexity index is 663. The number of carboxylic acid groups (broad SMARTS) is 1. The molecule has 104 valence electrons. The van der Waals surface area contributed by atoms with E-state index in [4.69, 9.17) is 9.84 Å². The second kappa shape index (κ2) is 5.43. The van der Waals surface area contributed by atoms with Gasteiger partial charge in [-0.3, -0.25) is 0 Å². The van der Waals surface area contributed by atoms with Crippen LogP contribution in [0, 0.1) is 0 Å².